The van der Waals surface area contributed by atoms with E-state index in [0.717, 1.165) is 12.0 Å². The van der Waals surface area contributed by atoms with Crippen molar-refractivity contribution in [2.75, 3.05) is 0 Å². The second-order valence-electron chi connectivity index (χ2n) is 3.62. The fourth-order valence-corrected chi connectivity index (χ4v) is 1.51. The monoisotopic (exact) mass is 230 g/mol. The minimum absolute atomic E-state index is 0.985. The third kappa shape index (κ3) is 4.92. The van der Waals surface area contributed by atoms with Crippen molar-refractivity contribution < 1.29 is 0 Å². The summed E-state index contributed by atoms with van der Waals surface area (Å²) in [4.78, 5) is 0. The third-order valence-electron chi connectivity index (χ3n) is 2.34. The Morgan fingerprint density at radius 1 is 1.06 bits per heavy atom. The minimum atomic E-state index is 0.985. The number of rotatable bonds is 4. The summed E-state index contributed by atoms with van der Waals surface area (Å²) in [6.07, 6.45) is 4.98. The summed E-state index contributed by atoms with van der Waals surface area (Å²) in [5, 5.41) is 2.23. The highest BCUT2D eigenvalue weighted by molar-refractivity contribution is 6.30. The Kier molecular flexibility index (Phi) is 6.24. The number of halogens is 1. The normalized spacial score (nSPS) is 8.62. The number of benzene rings is 1. The molecule has 1 rings (SSSR count). The number of hydrogen-bond donors (Lipinski definition) is 0. The maximum atomic E-state index is 5.20. The molecule has 0 aliphatic heterocycles. The molecule has 0 nitrogen and oxygen atoms in total. The summed E-state index contributed by atoms with van der Waals surface area (Å²) in [5.41, 5.74) is 2.36. The smallest absolute Gasteiger partial charge is 0.0255 e. The zero-order valence-electron chi connectivity index (χ0n) is 9.52. The summed E-state index contributed by atoms with van der Waals surface area (Å²) in [6.45, 7) is 2.22. The largest absolute Gasteiger partial charge is 0.0654 e. The first-order chi connectivity index (χ1) is 7.86. The molecule has 16 heavy (non-hydrogen) atoms. The van der Waals surface area contributed by atoms with Gasteiger partial charge in [0, 0.05) is 16.9 Å². The van der Waals surface area contributed by atoms with E-state index in [9.17, 15) is 0 Å². The van der Waals surface area contributed by atoms with Crippen LogP contribution in [-0.2, 0) is 6.42 Å². The molecule has 82 valence electrons. The van der Waals surface area contributed by atoms with Crippen molar-refractivity contribution in [1.82, 2.24) is 0 Å². The van der Waals surface area contributed by atoms with E-state index in [0.29, 0.717) is 0 Å². The highest BCUT2D eigenvalue weighted by Gasteiger charge is 1.92. The fourth-order valence-electron chi connectivity index (χ4n) is 1.46. The summed E-state index contributed by atoms with van der Waals surface area (Å²) in [6, 6.07) is 8.33. The molecule has 0 fully saturated rings. The molecule has 0 unspecified atom stereocenters. The highest BCUT2D eigenvalue weighted by atomic mass is 35.5. The molecule has 0 aliphatic carbocycles. The lowest BCUT2D eigenvalue weighted by Crippen LogP contribution is -1.85. The molecule has 0 bridgehead atoms. The zero-order valence-corrected chi connectivity index (χ0v) is 10.3. The van der Waals surface area contributed by atoms with Gasteiger partial charge in [-0.2, -0.15) is 0 Å². The van der Waals surface area contributed by atoms with E-state index in [4.69, 9.17) is 11.6 Å². The Labute approximate surface area is 103 Å². The average molecular weight is 231 g/mol. The van der Waals surface area contributed by atoms with E-state index < -0.39 is 0 Å². The van der Waals surface area contributed by atoms with Crippen LogP contribution in [0.15, 0.2) is 24.3 Å². The van der Waals surface area contributed by atoms with E-state index in [1.165, 1.54) is 24.8 Å². The lowest BCUT2D eigenvalue weighted by Gasteiger charge is -2.00. The Bertz CT molecular complexity index is 420. The summed E-state index contributed by atoms with van der Waals surface area (Å²) < 4.78 is 0. The predicted molar refractivity (Wildman–Crippen MR) is 70.2 cm³/mol. The highest BCUT2D eigenvalue weighted by Crippen LogP contribution is 2.08. The van der Waals surface area contributed by atoms with Crippen LogP contribution < -0.4 is 0 Å². The maximum absolute atomic E-state index is 5.20. The van der Waals surface area contributed by atoms with Crippen LogP contribution in [0, 0.1) is 23.1 Å². The Morgan fingerprint density at radius 3 is 2.44 bits per heavy atom. The minimum Gasteiger partial charge on any atom is -0.0654 e. The summed E-state index contributed by atoms with van der Waals surface area (Å²) >= 11 is 5.20. The van der Waals surface area contributed by atoms with Crippen LogP contribution >= 0.6 is 11.6 Å². The molecule has 1 aromatic carbocycles. The molecule has 1 aromatic rings. The van der Waals surface area contributed by atoms with Crippen LogP contribution in [0.1, 0.15) is 37.3 Å². The van der Waals surface area contributed by atoms with Crippen LogP contribution in [-0.4, -0.2) is 0 Å². The standard InChI is InChI=1S/C15H15Cl/c1-2-3-4-7-14-9-11-15(12-10-14)8-5-6-13-16/h9-12H,2-4,7H2,1H3. The number of hydrogen-bond acceptors (Lipinski definition) is 0. The van der Waals surface area contributed by atoms with Gasteiger partial charge in [-0.15, -0.1) is 0 Å². The van der Waals surface area contributed by atoms with Gasteiger partial charge in [0.15, 0.2) is 0 Å². The van der Waals surface area contributed by atoms with E-state index in [-0.39, 0.29) is 0 Å². The number of unbranched alkanes of at least 4 members (excludes halogenated alkanes) is 2. The molecule has 0 amide bonds. The van der Waals surface area contributed by atoms with Crippen LogP contribution in [0.5, 0.6) is 0 Å². The van der Waals surface area contributed by atoms with E-state index in [2.05, 4.69) is 42.2 Å². The fraction of sp³-hybridized carbons (Fsp3) is 0.333. The van der Waals surface area contributed by atoms with Gasteiger partial charge in [-0.3, -0.25) is 0 Å². The van der Waals surface area contributed by atoms with Crippen LogP contribution in [0.3, 0.4) is 0 Å². The van der Waals surface area contributed by atoms with Gasteiger partial charge in [0.1, 0.15) is 0 Å². The second kappa shape index (κ2) is 7.86. The third-order valence-corrected chi connectivity index (χ3v) is 2.43. The van der Waals surface area contributed by atoms with Gasteiger partial charge in [0.2, 0.25) is 0 Å². The first kappa shape index (κ1) is 12.7. The molecule has 0 aliphatic rings. The molecule has 0 N–H and O–H groups in total. The average Bonchev–Trinajstić information content (AvgIpc) is 2.32. The van der Waals surface area contributed by atoms with Crippen molar-refractivity contribution >= 4 is 11.6 Å². The van der Waals surface area contributed by atoms with Crippen molar-refractivity contribution in [2.24, 2.45) is 0 Å². The second-order valence-corrected chi connectivity index (χ2v) is 3.81. The molecule has 0 heterocycles. The maximum Gasteiger partial charge on any atom is 0.0255 e. The van der Waals surface area contributed by atoms with Gasteiger partial charge in [-0.05, 0) is 48.1 Å². The van der Waals surface area contributed by atoms with Gasteiger partial charge in [0.05, 0.1) is 0 Å². The molecule has 0 spiro atoms. The molecule has 0 saturated carbocycles. The van der Waals surface area contributed by atoms with Crippen molar-refractivity contribution in [3.8, 4) is 23.1 Å². The SMILES string of the molecule is CCCCCc1ccc(C#CC#CCl)cc1. The van der Waals surface area contributed by atoms with Gasteiger partial charge >= 0.3 is 0 Å². The lowest BCUT2D eigenvalue weighted by molar-refractivity contribution is 0.717. The van der Waals surface area contributed by atoms with Crippen molar-refractivity contribution in [2.45, 2.75) is 32.6 Å². The van der Waals surface area contributed by atoms with Gasteiger partial charge in [-0.1, -0.05) is 37.8 Å². The van der Waals surface area contributed by atoms with Crippen LogP contribution in [0.4, 0.5) is 0 Å². The lowest BCUT2D eigenvalue weighted by atomic mass is 10.1. The van der Waals surface area contributed by atoms with Crippen LogP contribution in [0.25, 0.3) is 0 Å². The van der Waals surface area contributed by atoms with E-state index >= 15 is 0 Å². The molecular formula is C15H15Cl. The van der Waals surface area contributed by atoms with E-state index in [1.807, 2.05) is 12.1 Å². The van der Waals surface area contributed by atoms with Gasteiger partial charge in [0.25, 0.3) is 0 Å². The summed E-state index contributed by atoms with van der Waals surface area (Å²) in [7, 11) is 0. The molecule has 0 saturated heterocycles. The Balaban J connectivity index is 2.54. The molecular weight excluding hydrogens is 216 g/mol. The molecule has 0 atom stereocenters. The number of aryl methyl sites for hydroxylation is 1. The van der Waals surface area contributed by atoms with Gasteiger partial charge in [-0.25, -0.2) is 0 Å². The van der Waals surface area contributed by atoms with Crippen molar-refractivity contribution in [1.29, 1.82) is 0 Å². The predicted octanol–water partition coefficient (Wildman–Crippen LogP) is 3.97. The van der Waals surface area contributed by atoms with Crippen molar-refractivity contribution in [3.63, 3.8) is 0 Å². The Morgan fingerprint density at radius 2 is 1.81 bits per heavy atom. The first-order valence-electron chi connectivity index (χ1n) is 5.57. The van der Waals surface area contributed by atoms with Crippen molar-refractivity contribution in [3.05, 3.63) is 35.4 Å². The topological polar surface area (TPSA) is 0 Å². The van der Waals surface area contributed by atoms with E-state index in [1.54, 1.807) is 0 Å². The molecule has 0 radical (unpaired) electrons. The molecule has 1 heteroatoms. The first-order valence-corrected chi connectivity index (χ1v) is 5.95. The zero-order chi connectivity index (χ0) is 11.6. The Hall–Kier alpha value is -1.37. The summed E-state index contributed by atoms with van der Waals surface area (Å²) in [5.74, 6) is 8.12. The van der Waals surface area contributed by atoms with Crippen LogP contribution in [0.2, 0.25) is 0 Å². The quantitative estimate of drug-likeness (QED) is 0.542. The van der Waals surface area contributed by atoms with Gasteiger partial charge < -0.3 is 0 Å². The molecule has 0 aromatic heterocycles.